The van der Waals surface area contributed by atoms with Crippen molar-refractivity contribution in [2.45, 2.75) is 31.6 Å². The van der Waals surface area contributed by atoms with E-state index < -0.39 is 24.2 Å². The van der Waals surface area contributed by atoms with Gasteiger partial charge >= 0.3 is 6.18 Å². The number of fused-ring (bicyclic) bond motifs is 1. The number of methoxy groups -OCH3 is 3. The van der Waals surface area contributed by atoms with Crippen LogP contribution in [0.25, 0.3) is 0 Å². The van der Waals surface area contributed by atoms with Gasteiger partial charge in [0.25, 0.3) is 5.91 Å². The van der Waals surface area contributed by atoms with Gasteiger partial charge in [0.2, 0.25) is 5.75 Å². The summed E-state index contributed by atoms with van der Waals surface area (Å²) < 4.78 is 59.1. The number of halogens is 4. The topological polar surface area (TPSA) is 86.6 Å². The lowest BCUT2D eigenvalue weighted by molar-refractivity contribution is -0.173. The van der Waals surface area contributed by atoms with Gasteiger partial charge in [-0.1, -0.05) is 17.7 Å². The summed E-state index contributed by atoms with van der Waals surface area (Å²) in [6.07, 6.45) is -3.86. The van der Waals surface area contributed by atoms with E-state index in [1.54, 1.807) is 37.3 Å². The van der Waals surface area contributed by atoms with E-state index in [4.69, 9.17) is 25.8 Å². The summed E-state index contributed by atoms with van der Waals surface area (Å²) in [5, 5.41) is 10.1. The number of amides is 1. The van der Waals surface area contributed by atoms with Crippen LogP contribution in [0.3, 0.4) is 0 Å². The van der Waals surface area contributed by atoms with Gasteiger partial charge in [-0.15, -0.1) is 0 Å². The van der Waals surface area contributed by atoms with E-state index in [1.807, 2.05) is 0 Å². The predicted molar refractivity (Wildman–Crippen MR) is 129 cm³/mol. The lowest BCUT2D eigenvalue weighted by Gasteiger charge is -2.34. The zero-order valence-corrected chi connectivity index (χ0v) is 20.6. The van der Waals surface area contributed by atoms with Gasteiger partial charge in [-0.25, -0.2) is 4.68 Å². The van der Waals surface area contributed by atoms with Crippen molar-refractivity contribution in [1.29, 1.82) is 0 Å². The van der Waals surface area contributed by atoms with E-state index in [2.05, 4.69) is 15.7 Å². The minimum Gasteiger partial charge on any atom is -0.493 e. The molecule has 0 bridgehead atoms. The highest BCUT2D eigenvalue weighted by Gasteiger charge is 2.47. The normalized spacial score (nSPS) is 17.1. The van der Waals surface area contributed by atoms with Gasteiger partial charge < -0.3 is 24.8 Å². The Balaban J connectivity index is 1.75. The quantitative estimate of drug-likeness (QED) is 0.425. The van der Waals surface area contributed by atoms with Crippen LogP contribution in [-0.2, 0) is 0 Å². The first-order valence-electron chi connectivity index (χ1n) is 10.9. The molecule has 1 aromatic heterocycles. The smallest absolute Gasteiger partial charge is 0.410 e. The monoisotopic (exact) mass is 524 g/mol. The van der Waals surface area contributed by atoms with Gasteiger partial charge in [0, 0.05) is 17.1 Å². The molecule has 0 saturated carbocycles. The molecule has 12 heteroatoms. The number of aromatic nitrogens is 2. The number of carbonyl (C=O) groups excluding carboxylic acids is 1. The maximum absolute atomic E-state index is 14.1. The third kappa shape index (κ3) is 4.62. The molecule has 2 N–H and O–H groups in total. The molecule has 0 spiro atoms. The number of carbonyl (C=O) groups is 1. The van der Waals surface area contributed by atoms with Gasteiger partial charge in [0.1, 0.15) is 11.4 Å². The van der Waals surface area contributed by atoms with Crippen LogP contribution in [0.5, 0.6) is 17.2 Å². The fraction of sp³-hybridized carbons (Fsp3) is 0.333. The van der Waals surface area contributed by atoms with Crippen LogP contribution < -0.4 is 24.8 Å². The molecule has 8 nitrogen and oxygen atoms in total. The Morgan fingerprint density at radius 1 is 1.17 bits per heavy atom. The number of rotatable bonds is 6. The van der Waals surface area contributed by atoms with Gasteiger partial charge in [-0.2, -0.15) is 18.3 Å². The Hall–Kier alpha value is -3.60. The number of hydrogen-bond donors (Lipinski definition) is 2. The van der Waals surface area contributed by atoms with Crippen molar-refractivity contribution in [1.82, 2.24) is 9.78 Å². The van der Waals surface area contributed by atoms with Crippen LogP contribution in [0.4, 0.5) is 24.7 Å². The molecule has 2 heterocycles. The average Bonchev–Trinajstić information content (AvgIpc) is 3.28. The molecular weight excluding hydrogens is 501 g/mol. The number of nitrogens with zero attached hydrogens (tertiary/aromatic N) is 2. The summed E-state index contributed by atoms with van der Waals surface area (Å²) in [7, 11) is 4.27. The van der Waals surface area contributed by atoms with Crippen molar-refractivity contribution in [3.05, 3.63) is 58.2 Å². The first-order valence-corrected chi connectivity index (χ1v) is 11.2. The Morgan fingerprint density at radius 2 is 1.83 bits per heavy atom. The summed E-state index contributed by atoms with van der Waals surface area (Å²) in [5.74, 6) is 0.227. The number of nitrogens with one attached hydrogen (secondary N) is 2. The first kappa shape index (κ1) is 25.5. The minimum absolute atomic E-state index is 0.0410. The highest BCUT2D eigenvalue weighted by atomic mass is 35.5. The lowest BCUT2D eigenvalue weighted by atomic mass is 9.95. The predicted octanol–water partition coefficient (Wildman–Crippen LogP) is 5.78. The fourth-order valence-corrected chi connectivity index (χ4v) is 4.36. The Labute approximate surface area is 210 Å². The van der Waals surface area contributed by atoms with E-state index in [9.17, 15) is 18.0 Å². The summed E-state index contributed by atoms with van der Waals surface area (Å²) in [5.41, 5.74) is 1.49. The number of alkyl halides is 3. The molecule has 2 atom stereocenters. The third-order valence-corrected chi connectivity index (χ3v) is 6.50. The fourth-order valence-electron chi connectivity index (χ4n) is 4.18. The van der Waals surface area contributed by atoms with Crippen LogP contribution in [0.2, 0.25) is 5.02 Å². The number of ether oxygens (including phenoxy) is 3. The van der Waals surface area contributed by atoms with E-state index in [1.165, 1.54) is 21.3 Å². The maximum Gasteiger partial charge on any atom is 0.410 e. The summed E-state index contributed by atoms with van der Waals surface area (Å²) in [6, 6.07) is 5.34. The molecule has 1 aliphatic heterocycles. The molecule has 3 aromatic rings. The van der Waals surface area contributed by atoms with Crippen LogP contribution >= 0.6 is 11.6 Å². The Bertz CT molecular complexity index is 1270. The first-order chi connectivity index (χ1) is 17.1. The van der Waals surface area contributed by atoms with Gasteiger partial charge in [0.05, 0.1) is 33.6 Å². The molecule has 0 radical (unpaired) electrons. The SMILES string of the molecule is COc1cc([C@H]2C[C@H](C(F)(F)F)n3ncc(C(=O)Nc4cccc(Cl)c4C)c3N2)cc(OC)c1OC. The Kier molecular flexibility index (Phi) is 6.94. The maximum atomic E-state index is 14.1. The molecule has 4 rings (SSSR count). The van der Waals surface area contributed by atoms with E-state index in [0.717, 1.165) is 10.9 Å². The second-order valence-corrected chi connectivity index (χ2v) is 8.57. The number of anilines is 2. The average molecular weight is 525 g/mol. The minimum atomic E-state index is -4.61. The van der Waals surface area contributed by atoms with Crippen molar-refractivity contribution >= 4 is 29.0 Å². The molecular formula is C24H24ClF3N4O4. The van der Waals surface area contributed by atoms with Gasteiger partial charge in [-0.3, -0.25) is 4.79 Å². The molecule has 1 aliphatic rings. The van der Waals surface area contributed by atoms with Crippen molar-refractivity contribution < 1.29 is 32.2 Å². The lowest BCUT2D eigenvalue weighted by Crippen LogP contribution is -2.36. The standard InChI is InChI=1S/C24H24ClF3N4O4/c1-12-15(25)6-5-7-16(12)31-23(33)14-11-29-32-20(24(26,27)28)10-17(30-22(14)32)13-8-18(34-2)21(36-4)19(9-13)35-3/h5-9,11,17,20,30H,10H2,1-4H3,(H,31,33)/t17-,20-/m1/s1. The van der Waals surface area contributed by atoms with Gasteiger partial charge in [-0.05, 0) is 42.3 Å². The molecule has 2 aromatic carbocycles. The molecule has 0 saturated heterocycles. The molecule has 0 unspecified atom stereocenters. The van der Waals surface area contributed by atoms with E-state index in [0.29, 0.717) is 39.1 Å². The molecule has 0 aliphatic carbocycles. The summed E-state index contributed by atoms with van der Waals surface area (Å²) in [4.78, 5) is 13.1. The second kappa shape index (κ2) is 9.81. The Morgan fingerprint density at radius 3 is 2.42 bits per heavy atom. The third-order valence-electron chi connectivity index (χ3n) is 6.09. The summed E-state index contributed by atoms with van der Waals surface area (Å²) >= 11 is 6.13. The zero-order valence-electron chi connectivity index (χ0n) is 19.9. The molecule has 1 amide bonds. The molecule has 192 valence electrons. The van der Waals surface area contributed by atoms with Crippen molar-refractivity contribution in [3.63, 3.8) is 0 Å². The number of hydrogen-bond acceptors (Lipinski definition) is 6. The second-order valence-electron chi connectivity index (χ2n) is 8.17. The zero-order chi connectivity index (χ0) is 26.2. The van der Waals surface area contributed by atoms with Crippen LogP contribution in [-0.4, -0.2) is 43.2 Å². The molecule has 36 heavy (non-hydrogen) atoms. The van der Waals surface area contributed by atoms with Crippen molar-refractivity contribution in [3.8, 4) is 17.2 Å². The van der Waals surface area contributed by atoms with Gasteiger partial charge in [0.15, 0.2) is 17.5 Å². The van der Waals surface area contributed by atoms with Crippen molar-refractivity contribution in [2.24, 2.45) is 0 Å². The van der Waals surface area contributed by atoms with Crippen LogP contribution in [0, 0.1) is 6.92 Å². The highest BCUT2D eigenvalue weighted by molar-refractivity contribution is 6.31. The van der Waals surface area contributed by atoms with Crippen LogP contribution in [0.15, 0.2) is 36.5 Å². The van der Waals surface area contributed by atoms with E-state index >= 15 is 0 Å². The largest absolute Gasteiger partial charge is 0.493 e. The highest BCUT2D eigenvalue weighted by Crippen LogP contribution is 2.47. The van der Waals surface area contributed by atoms with E-state index in [-0.39, 0.29) is 17.8 Å². The summed E-state index contributed by atoms with van der Waals surface area (Å²) in [6.45, 7) is 1.73. The molecule has 0 fully saturated rings. The van der Waals surface area contributed by atoms with Crippen LogP contribution in [0.1, 0.15) is 40.0 Å². The van der Waals surface area contributed by atoms with Crippen molar-refractivity contribution in [2.75, 3.05) is 32.0 Å². The number of benzene rings is 2.